The first-order valence-electron chi connectivity index (χ1n) is 6.58. The van der Waals surface area contributed by atoms with E-state index in [1.165, 1.54) is 24.6 Å². The van der Waals surface area contributed by atoms with Gasteiger partial charge >= 0.3 is 0 Å². The molecule has 0 heterocycles. The van der Waals surface area contributed by atoms with Gasteiger partial charge in [-0.15, -0.1) is 11.8 Å². The van der Waals surface area contributed by atoms with E-state index in [0.717, 1.165) is 17.7 Å². The summed E-state index contributed by atoms with van der Waals surface area (Å²) in [7, 11) is 0. The lowest BCUT2D eigenvalue weighted by molar-refractivity contribution is -0.120. The molecule has 2 rings (SSSR count). The van der Waals surface area contributed by atoms with E-state index in [9.17, 15) is 4.79 Å². The summed E-state index contributed by atoms with van der Waals surface area (Å²) >= 11 is 7.56. The third-order valence-corrected chi connectivity index (χ3v) is 4.93. The lowest BCUT2D eigenvalue weighted by Gasteiger charge is -2.17. The van der Waals surface area contributed by atoms with Crippen molar-refractivity contribution in [2.75, 3.05) is 5.73 Å². The smallest absolute Gasteiger partial charge is 0.233 e. The Kier molecular flexibility index (Phi) is 4.99. The molecule has 1 aromatic rings. The monoisotopic (exact) mass is 298 g/mol. The van der Waals surface area contributed by atoms with Crippen molar-refractivity contribution in [3.8, 4) is 0 Å². The molecule has 0 saturated heterocycles. The van der Waals surface area contributed by atoms with E-state index in [0.29, 0.717) is 16.8 Å². The van der Waals surface area contributed by atoms with Crippen LogP contribution in [0.4, 0.5) is 5.69 Å². The standard InChI is InChI=1S/C14H19ClN2OS/c1-9(14(18)17-11-4-2-3-5-11)19-13-8-10(16)6-7-12(13)15/h6-9,11H,2-5,16H2,1H3,(H,17,18). The van der Waals surface area contributed by atoms with E-state index in [4.69, 9.17) is 17.3 Å². The molecule has 104 valence electrons. The van der Waals surface area contributed by atoms with Crippen LogP contribution in [-0.2, 0) is 4.79 Å². The number of anilines is 1. The van der Waals surface area contributed by atoms with Gasteiger partial charge in [0.1, 0.15) is 0 Å². The fraction of sp³-hybridized carbons (Fsp3) is 0.500. The van der Waals surface area contributed by atoms with Crippen LogP contribution in [0, 0.1) is 0 Å². The first-order chi connectivity index (χ1) is 9.06. The zero-order valence-electron chi connectivity index (χ0n) is 11.0. The van der Waals surface area contributed by atoms with Crippen LogP contribution in [0.3, 0.4) is 0 Å². The summed E-state index contributed by atoms with van der Waals surface area (Å²) in [5.74, 6) is 0.0791. The van der Waals surface area contributed by atoms with Gasteiger partial charge < -0.3 is 11.1 Å². The molecule has 3 N–H and O–H groups in total. The number of hydrogen-bond acceptors (Lipinski definition) is 3. The molecule has 1 aromatic carbocycles. The minimum atomic E-state index is -0.167. The third-order valence-electron chi connectivity index (χ3n) is 3.33. The lowest BCUT2D eigenvalue weighted by atomic mass is 10.2. The molecular weight excluding hydrogens is 280 g/mol. The molecule has 0 bridgehead atoms. The second-order valence-corrected chi connectivity index (χ2v) is 6.73. The summed E-state index contributed by atoms with van der Waals surface area (Å²) in [4.78, 5) is 13.0. The highest BCUT2D eigenvalue weighted by molar-refractivity contribution is 8.00. The van der Waals surface area contributed by atoms with Crippen LogP contribution in [0.15, 0.2) is 23.1 Å². The Labute approximate surface area is 123 Å². The summed E-state index contributed by atoms with van der Waals surface area (Å²) in [6.45, 7) is 1.90. The lowest BCUT2D eigenvalue weighted by Crippen LogP contribution is -2.37. The first-order valence-corrected chi connectivity index (χ1v) is 7.84. The van der Waals surface area contributed by atoms with Gasteiger partial charge in [-0.25, -0.2) is 0 Å². The maximum absolute atomic E-state index is 12.1. The molecule has 1 saturated carbocycles. The number of nitrogen functional groups attached to an aromatic ring is 1. The van der Waals surface area contributed by atoms with Gasteiger partial charge in [-0.3, -0.25) is 4.79 Å². The first kappa shape index (κ1) is 14.5. The van der Waals surface area contributed by atoms with Gasteiger partial charge in [0.2, 0.25) is 5.91 Å². The van der Waals surface area contributed by atoms with Crippen LogP contribution in [-0.4, -0.2) is 17.2 Å². The van der Waals surface area contributed by atoms with Crippen LogP contribution in [0.2, 0.25) is 5.02 Å². The van der Waals surface area contributed by atoms with Gasteiger partial charge in [0, 0.05) is 16.6 Å². The van der Waals surface area contributed by atoms with Crippen molar-refractivity contribution in [2.24, 2.45) is 0 Å². The number of thioether (sulfide) groups is 1. The Bertz CT molecular complexity index is 461. The minimum absolute atomic E-state index is 0.0791. The number of nitrogens with two attached hydrogens (primary N) is 1. The van der Waals surface area contributed by atoms with Crippen LogP contribution in [0.5, 0.6) is 0 Å². The van der Waals surface area contributed by atoms with Crippen molar-refractivity contribution < 1.29 is 4.79 Å². The van der Waals surface area contributed by atoms with Crippen molar-refractivity contribution in [1.29, 1.82) is 0 Å². The summed E-state index contributed by atoms with van der Waals surface area (Å²) in [6.07, 6.45) is 4.63. The Morgan fingerprint density at radius 3 is 2.84 bits per heavy atom. The predicted molar refractivity (Wildman–Crippen MR) is 81.6 cm³/mol. The average Bonchev–Trinajstić information content (AvgIpc) is 2.86. The predicted octanol–water partition coefficient (Wildman–Crippen LogP) is 3.46. The molecule has 1 unspecified atom stereocenters. The third kappa shape index (κ3) is 4.05. The summed E-state index contributed by atoms with van der Waals surface area (Å²) in [6, 6.07) is 5.69. The highest BCUT2D eigenvalue weighted by atomic mass is 35.5. The van der Waals surface area contributed by atoms with Crippen LogP contribution in [0.1, 0.15) is 32.6 Å². The SMILES string of the molecule is CC(Sc1cc(N)ccc1Cl)C(=O)NC1CCCC1. The van der Waals surface area contributed by atoms with Gasteiger partial charge in [-0.05, 0) is 38.0 Å². The molecule has 0 aromatic heterocycles. The van der Waals surface area contributed by atoms with Gasteiger partial charge in [-0.2, -0.15) is 0 Å². The van der Waals surface area contributed by atoms with Crippen molar-refractivity contribution in [1.82, 2.24) is 5.32 Å². The van der Waals surface area contributed by atoms with Gasteiger partial charge in [0.15, 0.2) is 0 Å². The molecule has 1 aliphatic rings. The van der Waals surface area contributed by atoms with Crippen molar-refractivity contribution in [3.63, 3.8) is 0 Å². The molecule has 0 radical (unpaired) electrons. The number of amides is 1. The number of rotatable bonds is 4. The van der Waals surface area contributed by atoms with Crippen molar-refractivity contribution >= 4 is 35.0 Å². The Hall–Kier alpha value is -0.870. The van der Waals surface area contributed by atoms with Gasteiger partial charge in [0.05, 0.1) is 10.3 Å². The largest absolute Gasteiger partial charge is 0.399 e. The zero-order valence-corrected chi connectivity index (χ0v) is 12.6. The number of carbonyl (C=O) groups is 1. The Morgan fingerprint density at radius 1 is 1.47 bits per heavy atom. The molecule has 5 heteroatoms. The van der Waals surface area contributed by atoms with E-state index in [1.807, 2.05) is 13.0 Å². The number of carbonyl (C=O) groups excluding carboxylic acids is 1. The maximum atomic E-state index is 12.1. The van der Waals surface area contributed by atoms with Crippen LogP contribution in [0.25, 0.3) is 0 Å². The normalized spacial score (nSPS) is 17.4. The molecule has 0 aliphatic heterocycles. The summed E-state index contributed by atoms with van der Waals surface area (Å²) in [5, 5.41) is 3.57. The molecule has 1 fully saturated rings. The average molecular weight is 299 g/mol. The summed E-state index contributed by atoms with van der Waals surface area (Å²) in [5.41, 5.74) is 6.40. The maximum Gasteiger partial charge on any atom is 0.233 e. The number of hydrogen-bond donors (Lipinski definition) is 2. The number of nitrogens with one attached hydrogen (secondary N) is 1. The topological polar surface area (TPSA) is 55.1 Å². The summed E-state index contributed by atoms with van der Waals surface area (Å²) < 4.78 is 0. The van der Waals surface area contributed by atoms with E-state index < -0.39 is 0 Å². The quantitative estimate of drug-likeness (QED) is 0.661. The van der Waals surface area contributed by atoms with Gasteiger partial charge in [-0.1, -0.05) is 24.4 Å². The second kappa shape index (κ2) is 6.53. The molecule has 19 heavy (non-hydrogen) atoms. The van der Waals surface area contributed by atoms with E-state index in [-0.39, 0.29) is 11.2 Å². The molecule has 1 aliphatic carbocycles. The molecular formula is C14H19ClN2OS. The molecule has 0 spiro atoms. The van der Waals surface area contributed by atoms with Crippen molar-refractivity contribution in [3.05, 3.63) is 23.2 Å². The highest BCUT2D eigenvalue weighted by Gasteiger charge is 2.21. The zero-order chi connectivity index (χ0) is 13.8. The Balaban J connectivity index is 1.93. The number of halogens is 1. The Morgan fingerprint density at radius 2 is 2.16 bits per heavy atom. The fourth-order valence-electron chi connectivity index (χ4n) is 2.24. The van der Waals surface area contributed by atoms with Crippen LogP contribution < -0.4 is 11.1 Å². The molecule has 1 amide bonds. The second-order valence-electron chi connectivity index (χ2n) is 4.94. The van der Waals surface area contributed by atoms with E-state index >= 15 is 0 Å². The van der Waals surface area contributed by atoms with E-state index in [1.54, 1.807) is 12.1 Å². The highest BCUT2D eigenvalue weighted by Crippen LogP contribution is 2.32. The van der Waals surface area contributed by atoms with Crippen molar-refractivity contribution in [2.45, 2.75) is 48.8 Å². The van der Waals surface area contributed by atoms with E-state index in [2.05, 4.69) is 5.32 Å². The number of benzene rings is 1. The van der Waals surface area contributed by atoms with Crippen LogP contribution >= 0.6 is 23.4 Å². The van der Waals surface area contributed by atoms with Gasteiger partial charge in [0.25, 0.3) is 0 Å². The minimum Gasteiger partial charge on any atom is -0.399 e. The fourth-order valence-corrected chi connectivity index (χ4v) is 3.43. The molecule has 3 nitrogen and oxygen atoms in total. The molecule has 1 atom stereocenters.